The number of thioether (sulfide) groups is 1. The molecule has 3 N–H and O–H groups in total. The van der Waals surface area contributed by atoms with Gasteiger partial charge in [-0.1, -0.05) is 6.07 Å². The normalized spacial score (nSPS) is 11.4. The molecule has 1 aromatic rings. The molecule has 0 atom stereocenters. The summed E-state index contributed by atoms with van der Waals surface area (Å²) in [6, 6.07) is 4.30. The molecule has 0 unspecified atom stereocenters. The molecule has 0 aliphatic heterocycles. The van der Waals surface area contributed by atoms with Gasteiger partial charge in [0.25, 0.3) is 0 Å². The van der Waals surface area contributed by atoms with Gasteiger partial charge in [0.05, 0.1) is 6.54 Å². The SMILES string of the molecule is CCNC(=NCc1ccc(O)c(F)c1)NCCSC. The van der Waals surface area contributed by atoms with Gasteiger partial charge in [-0.05, 0) is 30.9 Å². The fourth-order valence-corrected chi connectivity index (χ4v) is 1.74. The molecule has 0 saturated carbocycles. The lowest BCUT2D eigenvalue weighted by atomic mass is 10.2. The zero-order chi connectivity index (χ0) is 14.1. The van der Waals surface area contributed by atoms with Gasteiger partial charge < -0.3 is 15.7 Å². The van der Waals surface area contributed by atoms with Crippen LogP contribution in [0.3, 0.4) is 0 Å². The molecule has 0 spiro atoms. The van der Waals surface area contributed by atoms with Crippen molar-refractivity contribution >= 4 is 17.7 Å². The van der Waals surface area contributed by atoms with Gasteiger partial charge in [-0.25, -0.2) is 9.38 Å². The van der Waals surface area contributed by atoms with Crippen LogP contribution in [0.4, 0.5) is 4.39 Å². The van der Waals surface area contributed by atoms with E-state index in [1.807, 2.05) is 13.2 Å². The van der Waals surface area contributed by atoms with Crippen molar-refractivity contribution in [1.82, 2.24) is 10.6 Å². The molecule has 1 aromatic carbocycles. The molecule has 0 saturated heterocycles. The maximum atomic E-state index is 13.2. The fourth-order valence-electron chi connectivity index (χ4n) is 1.43. The third-order valence-corrected chi connectivity index (χ3v) is 2.99. The van der Waals surface area contributed by atoms with Crippen LogP contribution >= 0.6 is 11.8 Å². The number of benzene rings is 1. The average Bonchev–Trinajstić information content (AvgIpc) is 2.40. The molecule has 0 aliphatic carbocycles. The van der Waals surface area contributed by atoms with Gasteiger partial charge in [0.2, 0.25) is 0 Å². The molecule has 0 aromatic heterocycles. The van der Waals surface area contributed by atoms with Crippen molar-refractivity contribution in [2.24, 2.45) is 4.99 Å². The monoisotopic (exact) mass is 285 g/mol. The number of halogens is 1. The number of nitrogens with zero attached hydrogens (tertiary/aromatic N) is 1. The first-order chi connectivity index (χ1) is 9.17. The number of phenolic OH excluding ortho intramolecular Hbond substituents is 1. The Morgan fingerprint density at radius 1 is 1.42 bits per heavy atom. The number of hydrogen-bond acceptors (Lipinski definition) is 3. The van der Waals surface area contributed by atoms with Gasteiger partial charge in [-0.3, -0.25) is 0 Å². The Labute approximate surface area is 117 Å². The fraction of sp³-hybridized carbons (Fsp3) is 0.462. The molecule has 4 nitrogen and oxygen atoms in total. The van der Waals surface area contributed by atoms with Crippen molar-refractivity contribution in [3.63, 3.8) is 0 Å². The molecule has 0 amide bonds. The second kappa shape index (κ2) is 8.63. The molecule has 1 rings (SSSR count). The van der Waals surface area contributed by atoms with E-state index in [1.165, 1.54) is 12.1 Å². The number of aromatic hydroxyl groups is 1. The van der Waals surface area contributed by atoms with Crippen molar-refractivity contribution < 1.29 is 9.50 Å². The Bertz CT molecular complexity index is 426. The number of hydrogen-bond donors (Lipinski definition) is 3. The average molecular weight is 285 g/mol. The first-order valence-corrected chi connectivity index (χ1v) is 7.55. The lowest BCUT2D eigenvalue weighted by Crippen LogP contribution is -2.38. The smallest absolute Gasteiger partial charge is 0.191 e. The van der Waals surface area contributed by atoms with Gasteiger partial charge in [0.15, 0.2) is 17.5 Å². The Morgan fingerprint density at radius 2 is 2.21 bits per heavy atom. The van der Waals surface area contributed by atoms with Crippen molar-refractivity contribution in [3.8, 4) is 5.75 Å². The Balaban J connectivity index is 2.60. The topological polar surface area (TPSA) is 56.7 Å². The Kier molecular flexibility index (Phi) is 7.10. The summed E-state index contributed by atoms with van der Waals surface area (Å²) >= 11 is 1.76. The summed E-state index contributed by atoms with van der Waals surface area (Å²) in [5, 5.41) is 15.4. The Hall–Kier alpha value is -1.43. The minimum atomic E-state index is -0.618. The minimum absolute atomic E-state index is 0.335. The maximum Gasteiger partial charge on any atom is 0.191 e. The molecule has 0 fully saturated rings. The summed E-state index contributed by atoms with van der Waals surface area (Å²) in [6.07, 6.45) is 2.05. The van der Waals surface area contributed by atoms with Crippen molar-refractivity contribution in [2.45, 2.75) is 13.5 Å². The number of nitrogens with one attached hydrogen (secondary N) is 2. The van der Waals surface area contributed by atoms with Crippen LogP contribution in [0.2, 0.25) is 0 Å². The first kappa shape index (κ1) is 15.6. The quantitative estimate of drug-likeness (QED) is 0.425. The van der Waals surface area contributed by atoms with Gasteiger partial charge in [-0.15, -0.1) is 0 Å². The molecule has 0 heterocycles. The van der Waals surface area contributed by atoms with Gasteiger partial charge in [0, 0.05) is 18.8 Å². The molecule has 0 radical (unpaired) electrons. The predicted octanol–water partition coefficient (Wildman–Crippen LogP) is 1.95. The van der Waals surface area contributed by atoms with E-state index in [1.54, 1.807) is 17.8 Å². The second-order valence-corrected chi connectivity index (χ2v) is 4.89. The van der Waals surface area contributed by atoms with Crippen LogP contribution in [-0.2, 0) is 6.54 Å². The number of phenols is 1. The van der Waals surface area contributed by atoms with Gasteiger partial charge >= 0.3 is 0 Å². The van der Waals surface area contributed by atoms with E-state index in [2.05, 4.69) is 15.6 Å². The molecular formula is C13H20FN3OS. The van der Waals surface area contributed by atoms with E-state index < -0.39 is 5.82 Å². The van der Waals surface area contributed by atoms with Crippen molar-refractivity contribution in [3.05, 3.63) is 29.6 Å². The van der Waals surface area contributed by atoms with E-state index in [9.17, 15) is 4.39 Å². The van der Waals surface area contributed by atoms with E-state index in [4.69, 9.17) is 5.11 Å². The van der Waals surface area contributed by atoms with Gasteiger partial charge in [0.1, 0.15) is 0 Å². The maximum absolute atomic E-state index is 13.2. The minimum Gasteiger partial charge on any atom is -0.505 e. The van der Waals surface area contributed by atoms with E-state index >= 15 is 0 Å². The van der Waals surface area contributed by atoms with Crippen LogP contribution < -0.4 is 10.6 Å². The molecular weight excluding hydrogens is 265 g/mol. The first-order valence-electron chi connectivity index (χ1n) is 6.16. The largest absolute Gasteiger partial charge is 0.505 e. The highest BCUT2D eigenvalue weighted by Crippen LogP contribution is 2.16. The molecule has 6 heteroatoms. The summed E-state index contributed by atoms with van der Waals surface area (Å²) in [5.74, 6) is 0.758. The van der Waals surface area contributed by atoms with Crippen LogP contribution in [0.5, 0.6) is 5.75 Å². The Morgan fingerprint density at radius 3 is 2.84 bits per heavy atom. The predicted molar refractivity (Wildman–Crippen MR) is 79.3 cm³/mol. The highest BCUT2D eigenvalue weighted by Gasteiger charge is 2.02. The number of guanidine groups is 1. The third-order valence-electron chi connectivity index (χ3n) is 2.37. The second-order valence-electron chi connectivity index (χ2n) is 3.90. The molecule has 0 aliphatic rings. The van der Waals surface area contributed by atoms with E-state index in [0.717, 1.165) is 24.4 Å². The summed E-state index contributed by atoms with van der Waals surface area (Å²) in [4.78, 5) is 4.36. The van der Waals surface area contributed by atoms with Crippen molar-refractivity contribution in [1.29, 1.82) is 0 Å². The summed E-state index contributed by atoms with van der Waals surface area (Å²) in [6.45, 7) is 3.96. The van der Waals surface area contributed by atoms with Crippen LogP contribution in [0.25, 0.3) is 0 Å². The highest BCUT2D eigenvalue weighted by atomic mass is 32.2. The van der Waals surface area contributed by atoms with E-state index in [-0.39, 0.29) is 5.75 Å². The molecule has 0 bridgehead atoms. The van der Waals surface area contributed by atoms with Crippen LogP contribution in [0.1, 0.15) is 12.5 Å². The number of rotatable bonds is 6. The van der Waals surface area contributed by atoms with Crippen LogP contribution in [-0.4, -0.2) is 36.2 Å². The van der Waals surface area contributed by atoms with Gasteiger partial charge in [-0.2, -0.15) is 11.8 Å². The zero-order valence-electron chi connectivity index (χ0n) is 11.2. The van der Waals surface area contributed by atoms with Crippen LogP contribution in [0.15, 0.2) is 23.2 Å². The van der Waals surface area contributed by atoms with Crippen molar-refractivity contribution in [2.75, 3.05) is 25.1 Å². The third kappa shape index (κ3) is 5.83. The molecule has 106 valence electrons. The zero-order valence-corrected chi connectivity index (χ0v) is 12.1. The highest BCUT2D eigenvalue weighted by molar-refractivity contribution is 7.98. The van der Waals surface area contributed by atoms with E-state index in [0.29, 0.717) is 12.5 Å². The summed E-state index contributed by atoms with van der Waals surface area (Å²) in [7, 11) is 0. The lowest BCUT2D eigenvalue weighted by molar-refractivity contribution is 0.432. The standard InChI is InChI=1S/C13H20FN3OS/c1-3-15-13(16-6-7-19-2)17-9-10-4-5-12(18)11(14)8-10/h4-5,8,18H,3,6-7,9H2,1-2H3,(H2,15,16,17). The summed E-state index contributed by atoms with van der Waals surface area (Å²) < 4.78 is 13.2. The van der Waals surface area contributed by atoms with Crippen LogP contribution in [0, 0.1) is 5.82 Å². The number of aliphatic imine (C=N–C) groups is 1. The lowest BCUT2D eigenvalue weighted by Gasteiger charge is -2.10. The summed E-state index contributed by atoms with van der Waals surface area (Å²) in [5.41, 5.74) is 0.720. The molecule has 19 heavy (non-hydrogen) atoms.